The van der Waals surface area contributed by atoms with Crippen LogP contribution in [0.3, 0.4) is 0 Å². The van der Waals surface area contributed by atoms with Gasteiger partial charge >= 0.3 is 0 Å². The molecule has 0 aromatic heterocycles. The number of aliphatic hydroxyl groups is 2. The summed E-state index contributed by atoms with van der Waals surface area (Å²) >= 11 is 0. The van der Waals surface area contributed by atoms with Crippen molar-refractivity contribution in [2.24, 2.45) is 5.92 Å². The van der Waals surface area contributed by atoms with Crippen LogP contribution < -0.4 is 26.0 Å². The lowest BCUT2D eigenvalue weighted by Gasteiger charge is -2.43. The number of methoxy groups -OCH3 is 2. The van der Waals surface area contributed by atoms with E-state index < -0.39 is 156 Å². The Morgan fingerprint density at radius 2 is 1.62 bits per heavy atom. The summed E-state index contributed by atoms with van der Waals surface area (Å²) in [4.78, 5) is 108. The molecule has 6 aliphatic rings. The third-order valence-corrected chi connectivity index (χ3v) is 13.6. The van der Waals surface area contributed by atoms with E-state index in [1.165, 1.54) is 32.4 Å². The van der Waals surface area contributed by atoms with Crippen molar-refractivity contribution in [3.8, 4) is 17.2 Å². The molecule has 24 nitrogen and oxygen atoms in total. The smallest absolute Gasteiger partial charge is 0.254 e. The van der Waals surface area contributed by atoms with E-state index in [-0.39, 0.29) is 53.6 Å². The van der Waals surface area contributed by atoms with E-state index in [1.807, 2.05) is 0 Å². The molecule has 0 radical (unpaired) electrons. The number of imide groups is 1. The maximum Gasteiger partial charge on any atom is 0.254 e. The predicted molar refractivity (Wildman–Crippen MR) is 239 cm³/mol. The highest BCUT2D eigenvalue weighted by Crippen LogP contribution is 2.53. The van der Waals surface area contributed by atoms with E-state index in [9.17, 15) is 58.8 Å². The molecular formula is C47H56N6O18. The maximum absolute atomic E-state index is 14.2. The summed E-state index contributed by atoms with van der Waals surface area (Å²) in [7, 11) is 2.81. The van der Waals surface area contributed by atoms with Crippen LogP contribution in [0.5, 0.6) is 17.2 Å². The second-order valence-electron chi connectivity index (χ2n) is 18.4. The molecule has 2 aromatic rings. The summed E-state index contributed by atoms with van der Waals surface area (Å²) < 4.78 is 35.8. The number of amides is 6. The molecule has 10 atom stereocenters. The Bertz CT molecular complexity index is 2550. The first-order valence-corrected chi connectivity index (χ1v) is 23.1. The van der Waals surface area contributed by atoms with E-state index in [0.717, 1.165) is 12.2 Å². The van der Waals surface area contributed by atoms with Crippen LogP contribution in [0.2, 0.25) is 0 Å². The van der Waals surface area contributed by atoms with Gasteiger partial charge in [0.15, 0.2) is 24.6 Å². The third kappa shape index (κ3) is 9.48. The second-order valence-corrected chi connectivity index (χ2v) is 18.4. The third-order valence-electron chi connectivity index (χ3n) is 13.6. The van der Waals surface area contributed by atoms with E-state index in [4.69, 9.17) is 28.4 Å². The average molecular weight is 993 g/mol. The first kappa shape index (κ1) is 51.0. The molecule has 8 rings (SSSR count). The van der Waals surface area contributed by atoms with Crippen molar-refractivity contribution in [3.63, 3.8) is 0 Å². The first-order chi connectivity index (χ1) is 33.8. The van der Waals surface area contributed by atoms with Crippen LogP contribution in [-0.2, 0) is 58.9 Å². The molecule has 3 saturated heterocycles. The molecular weight excluding hydrogens is 937 g/mol. The van der Waals surface area contributed by atoms with Crippen molar-refractivity contribution in [2.45, 2.75) is 101 Å². The Balaban J connectivity index is 0.983. The molecule has 24 heteroatoms. The lowest BCUT2D eigenvalue weighted by Crippen LogP contribution is -2.58. The lowest BCUT2D eigenvalue weighted by atomic mass is 9.72. The molecule has 4 aliphatic heterocycles. The molecule has 4 heterocycles. The number of nitrogens with zero attached hydrogens (tertiary/aromatic N) is 2. The van der Waals surface area contributed by atoms with Gasteiger partial charge in [-0.15, -0.1) is 0 Å². The van der Waals surface area contributed by atoms with Gasteiger partial charge < -0.3 is 70.1 Å². The van der Waals surface area contributed by atoms with Gasteiger partial charge in [0.25, 0.3) is 17.7 Å². The number of phenols is 2. The standard InChI is InChI=1S/C47H56N6O18/c1-20(2)36(51-28(55)18-53-29(56)9-10-30(53)57)43(63)50-24(19-54)42(62)48-11-12-49-46(64)47(65)16-23-33(40(61)35-34(38(23)59)37(58)22-7-6-8-26(66-4)32(22)39(35)60)27(17-47)70-31-15-25-41(21(3)69-31)71-44-45(67-5)68-14-13-52(25)44/h6-10,20-21,24-25,27,31,36,41,44-45,54,59,61,65H,11-19H2,1-5H3,(H,48,62)(H,49,64)(H,50,63)(H,51,55)/t21-,24?,25-,27-,31+,36?,41+,44+,45-,47-/m0/s1. The number of hydrogen-bond acceptors (Lipinski definition) is 19. The molecule has 0 saturated carbocycles. The minimum Gasteiger partial charge on any atom is -0.507 e. The summed E-state index contributed by atoms with van der Waals surface area (Å²) in [5.74, 6) is -8.59. The molecule has 2 aromatic carbocycles. The van der Waals surface area contributed by atoms with E-state index in [1.54, 1.807) is 20.8 Å². The summed E-state index contributed by atoms with van der Waals surface area (Å²) in [5, 5.41) is 56.2. The summed E-state index contributed by atoms with van der Waals surface area (Å²) in [6.45, 7) is 3.67. The fraction of sp³-hybridized carbons (Fsp3) is 0.532. The molecule has 2 unspecified atom stereocenters. The highest BCUT2D eigenvalue weighted by Gasteiger charge is 2.55. The molecule has 0 bridgehead atoms. The minimum atomic E-state index is -2.42. The van der Waals surface area contributed by atoms with Gasteiger partial charge in [0, 0.05) is 80.9 Å². The normalized spacial score (nSPS) is 27.5. The van der Waals surface area contributed by atoms with Gasteiger partial charge in [-0.2, -0.15) is 0 Å². The van der Waals surface area contributed by atoms with Crippen LogP contribution >= 0.6 is 0 Å². The number of ether oxygens (including phenoxy) is 6. The van der Waals surface area contributed by atoms with Crippen molar-refractivity contribution in [3.05, 3.63) is 63.7 Å². The molecule has 0 spiro atoms. The summed E-state index contributed by atoms with van der Waals surface area (Å²) in [6.07, 6.45) is -3.78. The predicted octanol–water partition coefficient (Wildman–Crippen LogP) is -2.07. The number of ketones is 2. The number of aromatic hydroxyl groups is 2. The number of phenolic OH excluding ortho intramolecular Hbond substituents is 2. The van der Waals surface area contributed by atoms with Gasteiger partial charge in [-0.3, -0.25) is 48.2 Å². The Morgan fingerprint density at radius 3 is 2.30 bits per heavy atom. The number of rotatable bonds is 16. The second kappa shape index (κ2) is 20.4. The van der Waals surface area contributed by atoms with Crippen LogP contribution in [0, 0.1) is 5.92 Å². The number of hydrogen-bond donors (Lipinski definition) is 8. The molecule has 2 aliphatic carbocycles. The number of fused-ring (bicyclic) bond motifs is 6. The summed E-state index contributed by atoms with van der Waals surface area (Å²) in [6, 6.07) is 1.27. The van der Waals surface area contributed by atoms with Crippen LogP contribution in [0.4, 0.5) is 0 Å². The zero-order chi connectivity index (χ0) is 51.2. The maximum atomic E-state index is 14.2. The van der Waals surface area contributed by atoms with Crippen LogP contribution in [0.1, 0.15) is 82.7 Å². The lowest BCUT2D eigenvalue weighted by molar-refractivity contribution is -0.256. The average Bonchev–Trinajstić information content (AvgIpc) is 3.88. The Hall–Kier alpha value is -6.38. The Labute approximate surface area is 405 Å². The topological polar surface area (TPSA) is 327 Å². The van der Waals surface area contributed by atoms with Crippen molar-refractivity contribution < 1.29 is 87.2 Å². The van der Waals surface area contributed by atoms with Crippen molar-refractivity contribution in [1.29, 1.82) is 0 Å². The minimum absolute atomic E-state index is 0.0532. The molecule has 8 N–H and O–H groups in total. The monoisotopic (exact) mass is 992 g/mol. The fourth-order valence-corrected chi connectivity index (χ4v) is 10.1. The largest absolute Gasteiger partial charge is 0.507 e. The SMILES string of the molecule is COc1cccc2c1C(=O)c1c(O)c3c(c(O)c1C2=O)C[C@@](O)(C(=O)NCCNC(=O)C(CO)NC(=O)C(NC(=O)CN1C(=O)C=CC1=O)C(C)C)C[C@@H]3O[C@@H]1C[C@H]2[C@H](O[C@@H]3[C@@H](OC)OCCN32)[C@H](C)O1. The van der Waals surface area contributed by atoms with Crippen LogP contribution in [-0.4, -0.2) is 186 Å². The van der Waals surface area contributed by atoms with Crippen LogP contribution in [0.25, 0.3) is 0 Å². The van der Waals surface area contributed by atoms with Crippen molar-refractivity contribution in [1.82, 2.24) is 31.1 Å². The molecule has 382 valence electrons. The number of nitrogens with one attached hydrogen (secondary N) is 4. The zero-order valence-electron chi connectivity index (χ0n) is 39.4. The molecule has 71 heavy (non-hydrogen) atoms. The first-order valence-electron chi connectivity index (χ1n) is 23.1. The van der Waals surface area contributed by atoms with Gasteiger partial charge in [0.2, 0.25) is 23.5 Å². The number of morpholine rings is 1. The van der Waals surface area contributed by atoms with Gasteiger partial charge in [0.1, 0.15) is 47.6 Å². The van der Waals surface area contributed by atoms with Gasteiger partial charge in [0.05, 0.1) is 49.2 Å². The van der Waals surface area contributed by atoms with Gasteiger partial charge in [-0.05, 0) is 18.9 Å². The number of aliphatic hydroxyl groups excluding tert-OH is 1. The highest BCUT2D eigenvalue weighted by molar-refractivity contribution is 6.31. The van der Waals surface area contributed by atoms with Crippen LogP contribution in [0.15, 0.2) is 30.4 Å². The van der Waals surface area contributed by atoms with Crippen molar-refractivity contribution >= 4 is 47.0 Å². The quantitative estimate of drug-likeness (QED) is 0.0434. The van der Waals surface area contributed by atoms with E-state index >= 15 is 0 Å². The van der Waals surface area contributed by atoms with Gasteiger partial charge in [-0.1, -0.05) is 26.0 Å². The Kier molecular flexibility index (Phi) is 14.6. The zero-order valence-corrected chi connectivity index (χ0v) is 39.4. The number of carbonyl (C=O) groups is 8. The molecule has 3 fully saturated rings. The van der Waals surface area contributed by atoms with E-state index in [2.05, 4.69) is 26.2 Å². The Morgan fingerprint density at radius 1 is 0.915 bits per heavy atom. The fourth-order valence-electron chi connectivity index (χ4n) is 10.1. The molecule has 6 amide bonds. The van der Waals surface area contributed by atoms with E-state index in [0.29, 0.717) is 18.1 Å². The van der Waals surface area contributed by atoms with Crippen molar-refractivity contribution in [2.75, 3.05) is 53.6 Å². The van der Waals surface area contributed by atoms with Gasteiger partial charge in [-0.25, -0.2) is 0 Å². The number of benzene rings is 2. The highest BCUT2D eigenvalue weighted by atomic mass is 16.7. The number of carbonyl (C=O) groups excluding carboxylic acids is 8. The summed E-state index contributed by atoms with van der Waals surface area (Å²) in [5.41, 5.74) is -4.12.